The van der Waals surface area contributed by atoms with Crippen molar-refractivity contribution < 1.29 is 17.9 Å². The number of rotatable bonds is 8. The van der Waals surface area contributed by atoms with Crippen LogP contribution in [-0.2, 0) is 4.74 Å². The van der Waals surface area contributed by atoms with Crippen LogP contribution >= 0.6 is 0 Å². The lowest BCUT2D eigenvalue weighted by Crippen LogP contribution is -2.47. The van der Waals surface area contributed by atoms with Crippen LogP contribution in [0.5, 0.6) is 0 Å². The summed E-state index contributed by atoms with van der Waals surface area (Å²) in [6, 6.07) is 0. The van der Waals surface area contributed by atoms with Crippen LogP contribution in [0.25, 0.3) is 0 Å². The van der Waals surface area contributed by atoms with Crippen LogP contribution in [0.4, 0.5) is 13.2 Å². The number of alkyl halides is 3. The Kier molecular flexibility index (Phi) is 7.76. The van der Waals surface area contributed by atoms with Crippen LogP contribution in [0.2, 0.25) is 0 Å². The largest absolute Gasteiger partial charge is 0.428 e. The highest BCUT2D eigenvalue weighted by molar-refractivity contribution is 4.70. The predicted octanol–water partition coefficient (Wildman–Crippen LogP) is 3.42. The minimum absolute atomic E-state index is 0.439. The minimum atomic E-state index is -4.31. The molecule has 0 aromatic rings. The standard InChI is InChI=1S/C11H22F3NO/c1-4-6-8-15(9-7-5-2)10(16-3)11(12,13)14/h10H,4-9H2,1-3H3. The third kappa shape index (κ3) is 5.70. The lowest BCUT2D eigenvalue weighted by Gasteiger charge is -2.31. The zero-order valence-electron chi connectivity index (χ0n) is 10.3. The fraction of sp³-hybridized carbons (Fsp3) is 1.00. The average Bonchev–Trinajstić information content (AvgIpc) is 2.20. The monoisotopic (exact) mass is 241 g/mol. The highest BCUT2D eigenvalue weighted by Crippen LogP contribution is 2.25. The average molecular weight is 241 g/mol. The van der Waals surface area contributed by atoms with E-state index in [-0.39, 0.29) is 0 Å². The number of nitrogens with zero attached hydrogens (tertiary/aromatic N) is 1. The van der Waals surface area contributed by atoms with Crippen molar-refractivity contribution in [2.45, 2.75) is 51.9 Å². The van der Waals surface area contributed by atoms with Crippen molar-refractivity contribution >= 4 is 0 Å². The molecule has 16 heavy (non-hydrogen) atoms. The number of halogens is 3. The van der Waals surface area contributed by atoms with E-state index in [0.717, 1.165) is 32.8 Å². The van der Waals surface area contributed by atoms with Crippen molar-refractivity contribution in [1.82, 2.24) is 4.90 Å². The van der Waals surface area contributed by atoms with E-state index in [1.807, 2.05) is 13.8 Å². The number of ether oxygens (including phenoxy) is 1. The lowest BCUT2D eigenvalue weighted by atomic mass is 10.2. The fourth-order valence-corrected chi connectivity index (χ4v) is 1.56. The Morgan fingerprint density at radius 2 is 1.50 bits per heavy atom. The molecule has 0 saturated carbocycles. The molecule has 0 saturated heterocycles. The number of unbranched alkanes of at least 4 members (excludes halogenated alkanes) is 2. The zero-order valence-corrected chi connectivity index (χ0v) is 10.3. The normalized spacial score (nSPS) is 14.4. The fourth-order valence-electron chi connectivity index (χ4n) is 1.56. The van der Waals surface area contributed by atoms with Gasteiger partial charge in [-0.3, -0.25) is 4.90 Å². The van der Waals surface area contributed by atoms with E-state index in [4.69, 9.17) is 0 Å². The van der Waals surface area contributed by atoms with Gasteiger partial charge >= 0.3 is 6.18 Å². The van der Waals surface area contributed by atoms with Crippen molar-refractivity contribution in [3.63, 3.8) is 0 Å². The molecule has 1 atom stereocenters. The van der Waals surface area contributed by atoms with E-state index in [1.165, 1.54) is 4.90 Å². The molecular weight excluding hydrogens is 219 g/mol. The van der Waals surface area contributed by atoms with Gasteiger partial charge in [-0.1, -0.05) is 26.7 Å². The highest BCUT2D eigenvalue weighted by Gasteiger charge is 2.43. The first-order valence-corrected chi connectivity index (χ1v) is 5.80. The van der Waals surface area contributed by atoms with Crippen molar-refractivity contribution in [3.8, 4) is 0 Å². The molecule has 0 radical (unpaired) electrons. The summed E-state index contributed by atoms with van der Waals surface area (Å²) in [5.41, 5.74) is 0. The molecule has 98 valence electrons. The van der Waals surface area contributed by atoms with E-state index >= 15 is 0 Å². The van der Waals surface area contributed by atoms with Gasteiger partial charge < -0.3 is 4.74 Å². The van der Waals surface area contributed by atoms with Crippen molar-refractivity contribution in [3.05, 3.63) is 0 Å². The van der Waals surface area contributed by atoms with Crippen molar-refractivity contribution in [2.24, 2.45) is 0 Å². The summed E-state index contributed by atoms with van der Waals surface area (Å²) in [4.78, 5) is 1.38. The Balaban J connectivity index is 4.42. The van der Waals surface area contributed by atoms with Crippen LogP contribution in [0.1, 0.15) is 39.5 Å². The molecule has 0 aromatic carbocycles. The first-order chi connectivity index (χ1) is 7.47. The van der Waals surface area contributed by atoms with Crippen LogP contribution in [0.3, 0.4) is 0 Å². The summed E-state index contributed by atoms with van der Waals surface area (Å²) in [5, 5.41) is 0. The first-order valence-electron chi connectivity index (χ1n) is 5.80. The second-order valence-corrected chi connectivity index (χ2v) is 3.87. The molecule has 0 aliphatic carbocycles. The molecule has 0 aromatic heterocycles. The molecule has 0 amide bonds. The molecule has 5 heteroatoms. The van der Waals surface area contributed by atoms with E-state index in [2.05, 4.69) is 4.74 Å². The smallest absolute Gasteiger partial charge is 0.357 e. The number of hydrogen-bond donors (Lipinski definition) is 0. The maximum atomic E-state index is 12.7. The van der Waals surface area contributed by atoms with Crippen LogP contribution in [-0.4, -0.2) is 37.5 Å². The van der Waals surface area contributed by atoms with Crippen LogP contribution in [0, 0.1) is 0 Å². The van der Waals surface area contributed by atoms with Crippen molar-refractivity contribution in [2.75, 3.05) is 20.2 Å². The van der Waals surface area contributed by atoms with Gasteiger partial charge in [0.25, 0.3) is 0 Å². The molecule has 0 N–H and O–H groups in total. The Bertz CT molecular complexity index is 165. The van der Waals surface area contributed by atoms with Crippen LogP contribution in [0.15, 0.2) is 0 Å². The van der Waals surface area contributed by atoms with Gasteiger partial charge in [0.05, 0.1) is 0 Å². The summed E-state index contributed by atoms with van der Waals surface area (Å²) >= 11 is 0. The summed E-state index contributed by atoms with van der Waals surface area (Å²) in [5.74, 6) is 0. The van der Waals surface area contributed by atoms with Gasteiger partial charge in [0.2, 0.25) is 6.23 Å². The molecule has 0 bridgehead atoms. The van der Waals surface area contributed by atoms with E-state index < -0.39 is 12.4 Å². The lowest BCUT2D eigenvalue weighted by molar-refractivity contribution is -0.259. The van der Waals surface area contributed by atoms with Gasteiger partial charge in [-0.05, 0) is 12.8 Å². The third-order valence-electron chi connectivity index (χ3n) is 2.43. The maximum Gasteiger partial charge on any atom is 0.428 e. The SMILES string of the molecule is CCCCN(CCCC)C(OC)C(F)(F)F. The topological polar surface area (TPSA) is 12.5 Å². The molecule has 0 spiro atoms. The second kappa shape index (κ2) is 7.90. The van der Waals surface area contributed by atoms with Gasteiger partial charge in [-0.15, -0.1) is 0 Å². The molecule has 1 unspecified atom stereocenters. The summed E-state index contributed by atoms with van der Waals surface area (Å²) in [6.45, 7) is 4.81. The molecule has 0 rings (SSSR count). The summed E-state index contributed by atoms with van der Waals surface area (Å²) in [7, 11) is 1.11. The Hall–Kier alpha value is -0.290. The van der Waals surface area contributed by atoms with Crippen molar-refractivity contribution in [1.29, 1.82) is 0 Å². The minimum Gasteiger partial charge on any atom is -0.357 e. The third-order valence-corrected chi connectivity index (χ3v) is 2.43. The quantitative estimate of drug-likeness (QED) is 0.604. The maximum absolute atomic E-state index is 12.7. The summed E-state index contributed by atoms with van der Waals surface area (Å²) < 4.78 is 42.5. The molecule has 0 heterocycles. The van der Waals surface area contributed by atoms with E-state index in [0.29, 0.717) is 13.1 Å². The summed E-state index contributed by atoms with van der Waals surface area (Å²) in [6.07, 6.45) is -2.77. The Morgan fingerprint density at radius 3 is 1.75 bits per heavy atom. The Labute approximate surface area is 95.8 Å². The molecule has 0 aliphatic heterocycles. The molecule has 0 aliphatic rings. The molecule has 0 fully saturated rings. The number of hydrogen-bond acceptors (Lipinski definition) is 2. The second-order valence-electron chi connectivity index (χ2n) is 3.87. The number of methoxy groups -OCH3 is 1. The van der Waals surface area contributed by atoms with Gasteiger partial charge in [0.15, 0.2) is 0 Å². The zero-order chi connectivity index (χ0) is 12.6. The van der Waals surface area contributed by atoms with Crippen LogP contribution < -0.4 is 0 Å². The van der Waals surface area contributed by atoms with Gasteiger partial charge in [0, 0.05) is 20.2 Å². The first kappa shape index (κ1) is 15.7. The highest BCUT2D eigenvalue weighted by atomic mass is 19.4. The Morgan fingerprint density at radius 1 is 1.06 bits per heavy atom. The van der Waals surface area contributed by atoms with Gasteiger partial charge in [-0.2, -0.15) is 13.2 Å². The van der Waals surface area contributed by atoms with E-state index in [1.54, 1.807) is 0 Å². The predicted molar refractivity (Wildman–Crippen MR) is 58.2 cm³/mol. The van der Waals surface area contributed by atoms with Gasteiger partial charge in [0.1, 0.15) is 0 Å². The van der Waals surface area contributed by atoms with E-state index in [9.17, 15) is 13.2 Å². The molecular formula is C11H22F3NO. The molecule has 2 nitrogen and oxygen atoms in total. The van der Waals surface area contributed by atoms with Gasteiger partial charge in [-0.25, -0.2) is 0 Å².